The summed E-state index contributed by atoms with van der Waals surface area (Å²) in [5, 5.41) is 4.36. The van der Waals surface area contributed by atoms with Gasteiger partial charge < -0.3 is 9.64 Å². The zero-order valence-corrected chi connectivity index (χ0v) is 15.7. The highest BCUT2D eigenvalue weighted by atomic mass is 32.2. The lowest BCUT2D eigenvalue weighted by molar-refractivity contribution is -0.0435. The number of hydrogen-bond acceptors (Lipinski definition) is 5. The van der Waals surface area contributed by atoms with Crippen LogP contribution < -0.4 is 4.90 Å². The number of morpholine rings is 1. The summed E-state index contributed by atoms with van der Waals surface area (Å²) < 4.78 is 70.5. The van der Waals surface area contributed by atoms with E-state index in [1.165, 1.54) is 18.2 Å². The molecule has 0 saturated carbocycles. The van der Waals surface area contributed by atoms with Gasteiger partial charge in [-0.15, -0.1) is 0 Å². The third-order valence-corrected chi connectivity index (χ3v) is 5.95. The van der Waals surface area contributed by atoms with Gasteiger partial charge in [-0.05, 0) is 32.0 Å². The Morgan fingerprint density at radius 1 is 1.26 bits per heavy atom. The van der Waals surface area contributed by atoms with Crippen LogP contribution in [0, 0.1) is 13.8 Å². The van der Waals surface area contributed by atoms with Crippen molar-refractivity contribution in [2.45, 2.75) is 36.9 Å². The predicted molar refractivity (Wildman–Crippen MR) is 93.3 cm³/mol. The fourth-order valence-electron chi connectivity index (χ4n) is 3.17. The number of aryl methyl sites for hydroxylation is 2. The molecule has 1 fully saturated rings. The standard InChI is InChI=1S/C17H20F3N3O3S/c1-12-9-13(2)23(21-12)11-14-10-22(7-8-26-14)15-5-3-4-6-16(15)27(24,25)17(18,19)20/h3-6,9,14H,7-8,10-11H2,1-2H3. The number of halogens is 3. The van der Waals surface area contributed by atoms with Crippen molar-refractivity contribution in [2.24, 2.45) is 0 Å². The maximum atomic E-state index is 13.0. The second-order valence-electron chi connectivity index (χ2n) is 6.46. The molecular formula is C17H20F3N3O3S. The number of alkyl halides is 3. The molecule has 148 valence electrons. The van der Waals surface area contributed by atoms with Crippen molar-refractivity contribution in [1.82, 2.24) is 9.78 Å². The lowest BCUT2D eigenvalue weighted by Gasteiger charge is -2.35. The summed E-state index contributed by atoms with van der Waals surface area (Å²) >= 11 is 0. The van der Waals surface area contributed by atoms with Crippen LogP contribution in [-0.4, -0.2) is 49.5 Å². The Kier molecular flexibility index (Phi) is 5.22. The highest BCUT2D eigenvalue weighted by Gasteiger charge is 2.48. The molecule has 1 aromatic heterocycles. The molecular weight excluding hydrogens is 383 g/mol. The van der Waals surface area contributed by atoms with Crippen LogP contribution in [0.4, 0.5) is 18.9 Å². The van der Waals surface area contributed by atoms with Crippen molar-refractivity contribution >= 4 is 15.5 Å². The maximum Gasteiger partial charge on any atom is 0.501 e. The van der Waals surface area contributed by atoms with Gasteiger partial charge in [-0.25, -0.2) is 8.42 Å². The zero-order chi connectivity index (χ0) is 19.8. The zero-order valence-electron chi connectivity index (χ0n) is 14.9. The van der Waals surface area contributed by atoms with Gasteiger partial charge in [-0.3, -0.25) is 4.68 Å². The molecule has 3 rings (SSSR count). The van der Waals surface area contributed by atoms with Gasteiger partial charge in [0.2, 0.25) is 0 Å². The van der Waals surface area contributed by atoms with E-state index >= 15 is 0 Å². The van der Waals surface area contributed by atoms with Crippen molar-refractivity contribution < 1.29 is 26.3 Å². The molecule has 1 unspecified atom stereocenters. The normalized spacial score (nSPS) is 18.7. The Balaban J connectivity index is 1.86. The summed E-state index contributed by atoms with van der Waals surface area (Å²) in [4.78, 5) is 0.891. The van der Waals surface area contributed by atoms with Crippen LogP contribution in [0.25, 0.3) is 0 Å². The first kappa shape index (κ1) is 19.7. The SMILES string of the molecule is Cc1cc(C)n(CC2CN(c3ccccc3S(=O)(=O)C(F)(F)F)CCO2)n1. The fourth-order valence-corrected chi connectivity index (χ4v) is 4.15. The molecule has 0 aliphatic carbocycles. The van der Waals surface area contributed by atoms with E-state index in [-0.39, 0.29) is 24.9 Å². The minimum atomic E-state index is -5.44. The maximum absolute atomic E-state index is 13.0. The Bertz CT molecular complexity index is 925. The number of benzene rings is 1. The van der Waals surface area contributed by atoms with E-state index in [9.17, 15) is 21.6 Å². The van der Waals surface area contributed by atoms with Crippen LogP contribution in [0.2, 0.25) is 0 Å². The Morgan fingerprint density at radius 3 is 2.59 bits per heavy atom. The van der Waals surface area contributed by atoms with Crippen LogP contribution in [0.3, 0.4) is 0 Å². The molecule has 2 heterocycles. The average molecular weight is 403 g/mol. The largest absolute Gasteiger partial charge is 0.501 e. The third-order valence-electron chi connectivity index (χ3n) is 4.42. The molecule has 2 aromatic rings. The lowest BCUT2D eigenvalue weighted by Crippen LogP contribution is -2.45. The molecule has 0 radical (unpaired) electrons. The summed E-state index contributed by atoms with van der Waals surface area (Å²) in [6.07, 6.45) is -0.321. The molecule has 0 spiro atoms. The monoisotopic (exact) mass is 403 g/mol. The molecule has 0 N–H and O–H groups in total. The second-order valence-corrected chi connectivity index (χ2v) is 8.37. The number of rotatable bonds is 4. The molecule has 1 aliphatic heterocycles. The first-order valence-electron chi connectivity index (χ1n) is 8.37. The van der Waals surface area contributed by atoms with Crippen LogP contribution >= 0.6 is 0 Å². The highest BCUT2D eigenvalue weighted by Crippen LogP contribution is 2.36. The van der Waals surface area contributed by atoms with E-state index in [4.69, 9.17) is 4.74 Å². The summed E-state index contributed by atoms with van der Waals surface area (Å²) in [6, 6.07) is 7.12. The summed E-state index contributed by atoms with van der Waals surface area (Å²) in [7, 11) is -5.44. The Labute approximate surface area is 155 Å². The molecule has 27 heavy (non-hydrogen) atoms. The number of nitrogens with zero attached hydrogens (tertiary/aromatic N) is 3. The number of sulfone groups is 1. The van der Waals surface area contributed by atoms with Gasteiger partial charge in [0.05, 0.1) is 35.5 Å². The summed E-state index contributed by atoms with van der Waals surface area (Å²) in [5.74, 6) is 0. The molecule has 10 heteroatoms. The molecule has 1 saturated heterocycles. The van der Waals surface area contributed by atoms with Gasteiger partial charge in [-0.1, -0.05) is 12.1 Å². The molecule has 1 aromatic carbocycles. The van der Waals surface area contributed by atoms with Crippen molar-refractivity contribution in [2.75, 3.05) is 24.6 Å². The van der Waals surface area contributed by atoms with Crippen LogP contribution in [0.1, 0.15) is 11.4 Å². The first-order valence-corrected chi connectivity index (χ1v) is 9.86. The predicted octanol–water partition coefficient (Wildman–Crippen LogP) is 2.70. The molecule has 0 bridgehead atoms. The highest BCUT2D eigenvalue weighted by molar-refractivity contribution is 7.92. The van der Waals surface area contributed by atoms with E-state index in [0.717, 1.165) is 17.5 Å². The molecule has 1 aliphatic rings. The average Bonchev–Trinajstić information content (AvgIpc) is 2.91. The quantitative estimate of drug-likeness (QED) is 0.786. The van der Waals surface area contributed by atoms with Crippen LogP contribution in [-0.2, 0) is 21.1 Å². The number of aromatic nitrogens is 2. The summed E-state index contributed by atoms with van der Waals surface area (Å²) in [6.45, 7) is 5.07. The molecule has 6 nitrogen and oxygen atoms in total. The van der Waals surface area contributed by atoms with Crippen LogP contribution in [0.15, 0.2) is 35.2 Å². The van der Waals surface area contributed by atoms with Crippen LogP contribution in [0.5, 0.6) is 0 Å². The van der Waals surface area contributed by atoms with E-state index in [2.05, 4.69) is 5.10 Å². The van der Waals surface area contributed by atoms with E-state index < -0.39 is 20.2 Å². The minimum Gasteiger partial charge on any atom is -0.373 e. The van der Waals surface area contributed by atoms with E-state index in [1.807, 2.05) is 19.9 Å². The third kappa shape index (κ3) is 3.96. The van der Waals surface area contributed by atoms with E-state index in [0.29, 0.717) is 13.1 Å². The molecule has 1 atom stereocenters. The van der Waals surface area contributed by atoms with Gasteiger partial charge >= 0.3 is 5.51 Å². The van der Waals surface area contributed by atoms with Gasteiger partial charge in [0.25, 0.3) is 9.84 Å². The second kappa shape index (κ2) is 7.16. The van der Waals surface area contributed by atoms with Gasteiger partial charge in [0.1, 0.15) is 0 Å². The Hall–Kier alpha value is -2.07. The van der Waals surface area contributed by atoms with Gasteiger partial charge in [0, 0.05) is 18.8 Å². The van der Waals surface area contributed by atoms with Gasteiger partial charge in [0.15, 0.2) is 0 Å². The van der Waals surface area contributed by atoms with Crippen molar-refractivity contribution in [3.63, 3.8) is 0 Å². The minimum absolute atomic E-state index is 0.0384. The Morgan fingerprint density at radius 2 is 1.96 bits per heavy atom. The number of anilines is 1. The number of hydrogen-bond donors (Lipinski definition) is 0. The topological polar surface area (TPSA) is 64.4 Å². The number of para-hydroxylation sites is 1. The smallest absolute Gasteiger partial charge is 0.373 e. The first-order chi connectivity index (χ1) is 12.6. The molecule has 0 amide bonds. The van der Waals surface area contributed by atoms with E-state index in [1.54, 1.807) is 9.58 Å². The van der Waals surface area contributed by atoms with Crippen molar-refractivity contribution in [3.8, 4) is 0 Å². The lowest BCUT2D eigenvalue weighted by atomic mass is 10.2. The van der Waals surface area contributed by atoms with Gasteiger partial charge in [-0.2, -0.15) is 18.3 Å². The van der Waals surface area contributed by atoms with Crippen molar-refractivity contribution in [3.05, 3.63) is 41.7 Å². The van der Waals surface area contributed by atoms with Crippen molar-refractivity contribution in [1.29, 1.82) is 0 Å². The summed E-state index contributed by atoms with van der Waals surface area (Å²) in [5.41, 5.74) is -3.50. The number of ether oxygens (including phenoxy) is 1. The fraction of sp³-hybridized carbons (Fsp3) is 0.471.